The molecule has 2 atom stereocenters. The quantitative estimate of drug-likeness (QED) is 0.227. The van der Waals surface area contributed by atoms with Crippen LogP contribution < -0.4 is 10.6 Å². The van der Waals surface area contributed by atoms with Gasteiger partial charge in [0.25, 0.3) is 5.91 Å². The summed E-state index contributed by atoms with van der Waals surface area (Å²) in [5.74, 6) is -0.339. The average molecular weight is 590 g/mol. The highest BCUT2D eigenvalue weighted by molar-refractivity contribution is 6.04. The van der Waals surface area contributed by atoms with E-state index in [0.717, 1.165) is 24.2 Å². The smallest absolute Gasteiger partial charge is 0.259 e. The molecule has 3 aromatic heterocycles. The lowest BCUT2D eigenvalue weighted by atomic mass is 10.1. The number of benzene rings is 1. The van der Waals surface area contributed by atoms with Crippen molar-refractivity contribution in [3.05, 3.63) is 71.3 Å². The number of nitrogens with zero attached hydrogens (tertiary/aromatic N) is 7. The molecule has 2 aliphatic rings. The van der Waals surface area contributed by atoms with Gasteiger partial charge in [0.2, 0.25) is 0 Å². The number of amides is 1. The number of aliphatic hydroxyl groups is 2. The van der Waals surface area contributed by atoms with Crippen LogP contribution in [-0.2, 0) is 13.1 Å². The second-order valence-corrected chi connectivity index (χ2v) is 12.3. The van der Waals surface area contributed by atoms with Crippen LogP contribution in [0.5, 0.6) is 0 Å². The minimum Gasteiger partial charge on any atom is -0.394 e. The molecule has 43 heavy (non-hydrogen) atoms. The molecule has 4 N–H and O–H groups in total. The third-order valence-corrected chi connectivity index (χ3v) is 7.70. The second-order valence-electron chi connectivity index (χ2n) is 12.3. The van der Waals surface area contributed by atoms with Gasteiger partial charge in [-0.3, -0.25) is 15.0 Å². The minimum absolute atomic E-state index is 0.107. The fraction of sp³-hybridized carbons (Fsp3) is 0.433. The molecule has 1 aliphatic heterocycles. The van der Waals surface area contributed by atoms with Crippen LogP contribution in [0.1, 0.15) is 79.8 Å². The van der Waals surface area contributed by atoms with E-state index in [0.29, 0.717) is 35.2 Å². The van der Waals surface area contributed by atoms with Crippen LogP contribution in [0.15, 0.2) is 43.0 Å². The highest BCUT2D eigenvalue weighted by Gasteiger charge is 2.34. The number of pyridine rings is 1. The summed E-state index contributed by atoms with van der Waals surface area (Å²) in [6.45, 7) is 8.29. The van der Waals surface area contributed by atoms with E-state index in [4.69, 9.17) is 4.98 Å². The van der Waals surface area contributed by atoms with Gasteiger partial charge in [-0.05, 0) is 70.4 Å². The van der Waals surface area contributed by atoms with E-state index in [2.05, 4.69) is 25.8 Å². The largest absolute Gasteiger partial charge is 0.394 e. The summed E-state index contributed by atoms with van der Waals surface area (Å²) in [7, 11) is 0. The van der Waals surface area contributed by atoms with Gasteiger partial charge < -0.3 is 24.7 Å². The first-order valence-corrected chi connectivity index (χ1v) is 14.4. The molecular formula is C30H36FN9O3. The van der Waals surface area contributed by atoms with Gasteiger partial charge in [0.05, 0.1) is 41.6 Å². The summed E-state index contributed by atoms with van der Waals surface area (Å²) in [4.78, 5) is 24.5. The maximum absolute atomic E-state index is 15.6. The molecule has 1 aliphatic carbocycles. The van der Waals surface area contributed by atoms with Crippen molar-refractivity contribution < 1.29 is 19.4 Å². The minimum atomic E-state index is -0.975. The van der Waals surface area contributed by atoms with Crippen molar-refractivity contribution in [2.75, 3.05) is 11.9 Å². The Morgan fingerprint density at radius 3 is 2.70 bits per heavy atom. The first-order chi connectivity index (χ1) is 20.5. The summed E-state index contributed by atoms with van der Waals surface area (Å²) < 4.78 is 19.2. The third-order valence-electron chi connectivity index (χ3n) is 7.70. The second kappa shape index (κ2) is 11.2. The highest BCUT2D eigenvalue weighted by Crippen LogP contribution is 2.42. The van der Waals surface area contributed by atoms with Crippen molar-refractivity contribution in [3.63, 3.8) is 0 Å². The number of hydrogen-bond donors (Lipinski definition) is 4. The van der Waals surface area contributed by atoms with E-state index in [1.54, 1.807) is 35.2 Å². The van der Waals surface area contributed by atoms with Crippen molar-refractivity contribution in [2.45, 2.75) is 77.5 Å². The number of nitrogens with one attached hydrogen (secondary N) is 2. The van der Waals surface area contributed by atoms with Crippen LogP contribution in [0.2, 0.25) is 0 Å². The molecule has 226 valence electrons. The number of imidazole rings is 1. The Morgan fingerprint density at radius 2 is 1.98 bits per heavy atom. The number of carbonyl (C=O) groups excluding carboxylic acids is 1. The van der Waals surface area contributed by atoms with Gasteiger partial charge in [0, 0.05) is 24.5 Å². The van der Waals surface area contributed by atoms with Gasteiger partial charge in [-0.2, -0.15) is 0 Å². The van der Waals surface area contributed by atoms with Gasteiger partial charge in [0.1, 0.15) is 23.7 Å². The van der Waals surface area contributed by atoms with Gasteiger partial charge in [-0.25, -0.2) is 14.4 Å². The first-order valence-electron chi connectivity index (χ1n) is 14.4. The molecule has 13 heteroatoms. The van der Waals surface area contributed by atoms with Crippen molar-refractivity contribution in [2.24, 2.45) is 0 Å². The maximum atomic E-state index is 15.6. The van der Waals surface area contributed by atoms with E-state index >= 15 is 4.39 Å². The highest BCUT2D eigenvalue weighted by atomic mass is 19.1. The Morgan fingerprint density at radius 1 is 1.19 bits per heavy atom. The number of carbonyl (C=O) groups is 1. The molecule has 4 heterocycles. The van der Waals surface area contributed by atoms with Crippen LogP contribution in [0.3, 0.4) is 0 Å². The zero-order chi connectivity index (χ0) is 30.5. The Balaban J connectivity index is 1.32. The van der Waals surface area contributed by atoms with E-state index in [1.807, 2.05) is 37.2 Å². The summed E-state index contributed by atoms with van der Waals surface area (Å²) in [5.41, 5.74) is 3.11. The lowest BCUT2D eigenvalue weighted by Crippen LogP contribution is -2.52. The Bertz CT molecular complexity index is 1660. The van der Waals surface area contributed by atoms with Crippen LogP contribution in [0.25, 0.3) is 17.2 Å². The average Bonchev–Trinajstić information content (AvgIpc) is 3.57. The maximum Gasteiger partial charge on any atom is 0.259 e. The van der Waals surface area contributed by atoms with Gasteiger partial charge in [-0.15, -0.1) is 10.2 Å². The molecule has 1 saturated carbocycles. The molecular weight excluding hydrogens is 553 g/mol. The summed E-state index contributed by atoms with van der Waals surface area (Å²) in [6, 6.07) is 7.66. The Hall–Kier alpha value is -4.04. The number of anilines is 1. The molecule has 1 unspecified atom stereocenters. The first kappa shape index (κ1) is 29.1. The molecule has 12 nitrogen and oxygen atoms in total. The number of aromatic nitrogens is 6. The summed E-state index contributed by atoms with van der Waals surface area (Å²) >= 11 is 0. The Kier molecular flexibility index (Phi) is 7.59. The van der Waals surface area contributed by atoms with Gasteiger partial charge in [-0.1, -0.05) is 6.07 Å². The predicted molar refractivity (Wildman–Crippen MR) is 157 cm³/mol. The molecule has 0 bridgehead atoms. The van der Waals surface area contributed by atoms with Gasteiger partial charge in [0.15, 0.2) is 12.2 Å². The predicted octanol–water partition coefficient (Wildman–Crippen LogP) is 3.33. The standard InChI is InChI=1S/C30H36FN9O3/c1-17(14-41)39-16-33-37-27(39)22-6-5-7-25(34-22)35-28(42)20-11-23-19(10-21(20)31)12-38(29(43)36-30(2,3)4)13-24-26(18-8-9-18)32-15-40(23)24/h5-7,10-11,15-18,29,36,41,43H,8-9,12-14H2,1-4H3,(H,34,35,42)/t17-,29?/m1/s1. The van der Waals surface area contributed by atoms with Crippen molar-refractivity contribution in [3.8, 4) is 17.2 Å². The fourth-order valence-corrected chi connectivity index (χ4v) is 5.35. The van der Waals surface area contributed by atoms with Crippen molar-refractivity contribution in [1.29, 1.82) is 0 Å². The molecule has 4 aromatic rings. The number of hydrogen-bond acceptors (Lipinski definition) is 9. The molecule has 0 radical (unpaired) electrons. The Labute approximate surface area is 248 Å². The number of aliphatic hydroxyl groups excluding tert-OH is 2. The van der Waals surface area contributed by atoms with Crippen molar-refractivity contribution >= 4 is 11.7 Å². The molecule has 0 saturated heterocycles. The fourth-order valence-electron chi connectivity index (χ4n) is 5.35. The normalized spacial score (nSPS) is 16.7. The van der Waals surface area contributed by atoms with Crippen LogP contribution in [0.4, 0.5) is 10.2 Å². The summed E-state index contributed by atoms with van der Waals surface area (Å²) in [6.07, 6.45) is 4.36. The van der Waals surface area contributed by atoms with Crippen LogP contribution >= 0.6 is 0 Å². The van der Waals surface area contributed by atoms with Crippen molar-refractivity contribution in [1.82, 2.24) is 39.5 Å². The molecule has 1 amide bonds. The third kappa shape index (κ3) is 5.93. The summed E-state index contributed by atoms with van der Waals surface area (Å²) in [5, 5.41) is 34.6. The molecule has 0 spiro atoms. The zero-order valence-corrected chi connectivity index (χ0v) is 24.6. The van der Waals surface area contributed by atoms with E-state index in [1.165, 1.54) is 12.4 Å². The topological polar surface area (TPSA) is 146 Å². The number of halogens is 1. The number of fused-ring (bicyclic) bond motifs is 3. The number of rotatable bonds is 8. The van der Waals surface area contributed by atoms with E-state index in [-0.39, 0.29) is 36.1 Å². The lowest BCUT2D eigenvalue weighted by molar-refractivity contribution is -0.0489. The molecule has 1 fully saturated rings. The van der Waals surface area contributed by atoms with Crippen LogP contribution in [-0.4, -0.2) is 68.8 Å². The van der Waals surface area contributed by atoms with Gasteiger partial charge >= 0.3 is 0 Å². The van der Waals surface area contributed by atoms with Crippen LogP contribution in [0, 0.1) is 5.82 Å². The SMILES string of the molecule is C[C@H](CO)n1cnnc1-c1cccc(NC(=O)c2cc3c(cc2F)CN(C(O)NC(C)(C)C)Cc2c(C4CC4)ncn2-3)n1. The molecule has 1 aromatic carbocycles. The zero-order valence-electron chi connectivity index (χ0n) is 24.6. The van der Waals surface area contributed by atoms with E-state index < -0.39 is 18.1 Å². The molecule has 6 rings (SSSR count). The monoisotopic (exact) mass is 589 g/mol. The lowest BCUT2D eigenvalue weighted by Gasteiger charge is -2.33. The van der Waals surface area contributed by atoms with E-state index in [9.17, 15) is 15.0 Å².